The van der Waals surface area contributed by atoms with E-state index < -0.39 is 6.04 Å². The Morgan fingerprint density at radius 3 is 2.85 bits per heavy atom. The van der Waals surface area contributed by atoms with Crippen molar-refractivity contribution in [2.75, 3.05) is 13.1 Å². The van der Waals surface area contributed by atoms with Crippen LogP contribution >= 0.6 is 0 Å². The summed E-state index contributed by atoms with van der Waals surface area (Å²) in [6.45, 7) is 3.18. The van der Waals surface area contributed by atoms with Crippen molar-refractivity contribution in [3.63, 3.8) is 0 Å². The molecule has 2 saturated heterocycles. The lowest BCUT2D eigenvalue weighted by Gasteiger charge is -2.29. The van der Waals surface area contributed by atoms with Gasteiger partial charge in [-0.05, 0) is 36.0 Å². The van der Waals surface area contributed by atoms with Crippen molar-refractivity contribution in [3.05, 3.63) is 34.9 Å². The zero-order valence-corrected chi connectivity index (χ0v) is 14.5. The first-order valence-electron chi connectivity index (χ1n) is 9.21. The number of carbonyl (C=O) groups is 3. The van der Waals surface area contributed by atoms with Gasteiger partial charge in [0.05, 0.1) is 0 Å². The SMILES string of the molecule is N[C@]12C[C@H]1CN(Cc1ccc3c(c1)C(=O)N(C1CCC(=O)NC1=O)C3)C2. The number of fused-ring (bicyclic) bond motifs is 2. The van der Waals surface area contributed by atoms with Gasteiger partial charge in [-0.15, -0.1) is 0 Å². The first-order chi connectivity index (χ1) is 12.4. The number of hydrogen-bond donors (Lipinski definition) is 2. The van der Waals surface area contributed by atoms with Crippen molar-refractivity contribution >= 4 is 17.7 Å². The van der Waals surface area contributed by atoms with Crippen LogP contribution in [0.4, 0.5) is 0 Å². The number of nitrogens with zero attached hydrogens (tertiary/aromatic N) is 2. The Morgan fingerprint density at radius 1 is 1.27 bits per heavy atom. The fourth-order valence-corrected chi connectivity index (χ4v) is 4.71. The Labute approximate surface area is 151 Å². The van der Waals surface area contributed by atoms with E-state index in [-0.39, 0.29) is 29.7 Å². The van der Waals surface area contributed by atoms with Gasteiger partial charge in [0.1, 0.15) is 6.04 Å². The van der Waals surface area contributed by atoms with Crippen LogP contribution < -0.4 is 11.1 Å². The lowest BCUT2D eigenvalue weighted by Crippen LogP contribution is -2.52. The van der Waals surface area contributed by atoms with Crippen molar-refractivity contribution in [2.45, 2.75) is 43.9 Å². The van der Waals surface area contributed by atoms with Crippen LogP contribution in [-0.2, 0) is 22.7 Å². The molecule has 3 fully saturated rings. The monoisotopic (exact) mass is 354 g/mol. The average molecular weight is 354 g/mol. The number of carbonyl (C=O) groups excluding carboxylic acids is 3. The van der Waals surface area contributed by atoms with Crippen molar-refractivity contribution in [1.82, 2.24) is 15.1 Å². The van der Waals surface area contributed by atoms with Crippen LogP contribution in [0.2, 0.25) is 0 Å². The van der Waals surface area contributed by atoms with E-state index in [9.17, 15) is 14.4 Å². The highest BCUT2D eigenvalue weighted by Gasteiger charge is 2.56. The third-order valence-electron chi connectivity index (χ3n) is 6.27. The smallest absolute Gasteiger partial charge is 0.255 e. The molecule has 1 aromatic rings. The summed E-state index contributed by atoms with van der Waals surface area (Å²) < 4.78 is 0. The van der Waals surface area contributed by atoms with E-state index in [4.69, 9.17) is 5.73 Å². The van der Waals surface area contributed by atoms with Gasteiger partial charge in [-0.1, -0.05) is 12.1 Å². The van der Waals surface area contributed by atoms with Crippen LogP contribution in [0, 0.1) is 5.92 Å². The molecule has 4 aliphatic rings. The van der Waals surface area contributed by atoms with Crippen LogP contribution in [0.25, 0.3) is 0 Å². The molecular weight excluding hydrogens is 332 g/mol. The molecule has 1 saturated carbocycles. The van der Waals surface area contributed by atoms with E-state index in [2.05, 4.69) is 16.3 Å². The molecule has 0 spiro atoms. The first kappa shape index (κ1) is 16.0. The van der Waals surface area contributed by atoms with Gasteiger partial charge in [-0.2, -0.15) is 0 Å². The molecule has 1 aromatic carbocycles. The molecule has 136 valence electrons. The van der Waals surface area contributed by atoms with Gasteiger partial charge in [0, 0.05) is 43.7 Å². The molecule has 0 aromatic heterocycles. The van der Waals surface area contributed by atoms with E-state index in [0.29, 0.717) is 24.4 Å². The number of benzene rings is 1. The summed E-state index contributed by atoms with van der Waals surface area (Å²) in [6, 6.07) is 5.45. The molecule has 7 heteroatoms. The maximum atomic E-state index is 12.9. The zero-order chi connectivity index (χ0) is 18.1. The van der Waals surface area contributed by atoms with Crippen LogP contribution in [0.5, 0.6) is 0 Å². The Bertz CT molecular complexity index is 838. The van der Waals surface area contributed by atoms with Crippen LogP contribution in [-0.4, -0.2) is 52.2 Å². The van der Waals surface area contributed by atoms with E-state index in [1.165, 1.54) is 0 Å². The molecule has 3 amide bonds. The summed E-state index contributed by atoms with van der Waals surface area (Å²) in [7, 11) is 0. The normalized spacial score (nSPS) is 33.3. The van der Waals surface area contributed by atoms with Gasteiger partial charge in [-0.3, -0.25) is 24.6 Å². The number of nitrogens with one attached hydrogen (secondary N) is 1. The van der Waals surface area contributed by atoms with Gasteiger partial charge in [0.25, 0.3) is 5.91 Å². The number of likely N-dealkylation sites (tertiary alicyclic amines) is 1. The Hall–Kier alpha value is -2.25. The number of rotatable bonds is 3. The van der Waals surface area contributed by atoms with Crippen molar-refractivity contribution in [1.29, 1.82) is 0 Å². The Balaban J connectivity index is 1.31. The van der Waals surface area contributed by atoms with Crippen LogP contribution in [0.3, 0.4) is 0 Å². The van der Waals surface area contributed by atoms with Gasteiger partial charge in [-0.25, -0.2) is 0 Å². The van der Waals surface area contributed by atoms with E-state index in [1.54, 1.807) is 4.90 Å². The molecule has 1 aliphatic carbocycles. The fourth-order valence-electron chi connectivity index (χ4n) is 4.71. The van der Waals surface area contributed by atoms with Gasteiger partial charge in [0.2, 0.25) is 11.8 Å². The third kappa shape index (κ3) is 2.46. The number of piperidine rings is 2. The summed E-state index contributed by atoms with van der Waals surface area (Å²) in [4.78, 5) is 40.2. The second-order valence-electron chi connectivity index (χ2n) is 8.20. The number of amides is 3. The minimum absolute atomic E-state index is 0.0229. The standard InChI is InChI=1S/C19H22N4O3/c20-19-6-13(19)9-22(10-19)7-11-1-2-12-8-23(18(26)14(12)5-11)15-3-4-16(24)21-17(15)25/h1-2,5,13,15H,3-4,6-10,20H2,(H,21,24,25)/t13-,15?,19-/m0/s1. The first-order valence-corrected chi connectivity index (χ1v) is 9.21. The van der Waals surface area contributed by atoms with Gasteiger partial charge < -0.3 is 10.6 Å². The molecule has 1 unspecified atom stereocenters. The highest BCUT2D eigenvalue weighted by molar-refractivity contribution is 6.05. The molecule has 0 radical (unpaired) electrons. The van der Waals surface area contributed by atoms with Crippen LogP contribution in [0.15, 0.2) is 18.2 Å². The predicted octanol–water partition coefficient (Wildman–Crippen LogP) is -0.0194. The summed E-state index contributed by atoms with van der Waals surface area (Å²) in [5, 5.41) is 2.33. The highest BCUT2D eigenvalue weighted by atomic mass is 16.2. The summed E-state index contributed by atoms with van der Waals surface area (Å²) in [5.41, 5.74) is 9.02. The largest absolute Gasteiger partial charge is 0.324 e. The summed E-state index contributed by atoms with van der Waals surface area (Å²) in [6.07, 6.45) is 1.80. The van der Waals surface area contributed by atoms with Gasteiger partial charge >= 0.3 is 0 Å². The number of hydrogen-bond acceptors (Lipinski definition) is 5. The quantitative estimate of drug-likeness (QED) is 0.744. The Morgan fingerprint density at radius 2 is 2.12 bits per heavy atom. The second-order valence-corrected chi connectivity index (χ2v) is 8.20. The summed E-state index contributed by atoms with van der Waals surface area (Å²) >= 11 is 0. The fraction of sp³-hybridized carbons (Fsp3) is 0.526. The molecule has 7 nitrogen and oxygen atoms in total. The average Bonchev–Trinajstić information content (AvgIpc) is 2.93. The minimum Gasteiger partial charge on any atom is -0.324 e. The maximum absolute atomic E-state index is 12.9. The second kappa shape index (κ2) is 5.37. The molecule has 3 N–H and O–H groups in total. The van der Waals surface area contributed by atoms with E-state index in [0.717, 1.165) is 37.2 Å². The molecule has 0 bridgehead atoms. The molecule has 3 heterocycles. The van der Waals surface area contributed by atoms with Crippen LogP contribution in [0.1, 0.15) is 40.7 Å². The number of imide groups is 1. The van der Waals surface area contributed by atoms with E-state index in [1.807, 2.05) is 12.1 Å². The molecule has 5 rings (SSSR count). The molecular formula is C19H22N4O3. The third-order valence-corrected chi connectivity index (χ3v) is 6.27. The summed E-state index contributed by atoms with van der Waals surface area (Å²) in [5.74, 6) is -0.122. The highest BCUT2D eigenvalue weighted by Crippen LogP contribution is 2.47. The topological polar surface area (TPSA) is 95.7 Å². The van der Waals surface area contributed by atoms with Gasteiger partial charge in [0.15, 0.2) is 0 Å². The van der Waals surface area contributed by atoms with Crippen molar-refractivity contribution in [3.8, 4) is 0 Å². The lowest BCUT2D eigenvalue weighted by molar-refractivity contribution is -0.136. The maximum Gasteiger partial charge on any atom is 0.255 e. The van der Waals surface area contributed by atoms with Crippen molar-refractivity contribution in [2.24, 2.45) is 11.7 Å². The molecule has 3 atom stereocenters. The van der Waals surface area contributed by atoms with Crippen molar-refractivity contribution < 1.29 is 14.4 Å². The lowest BCUT2D eigenvalue weighted by atomic mass is 10.0. The molecule has 3 aliphatic heterocycles. The minimum atomic E-state index is -0.557. The van der Waals surface area contributed by atoms with E-state index >= 15 is 0 Å². The predicted molar refractivity (Wildman–Crippen MR) is 92.8 cm³/mol. The molecule has 26 heavy (non-hydrogen) atoms. The zero-order valence-electron chi connectivity index (χ0n) is 14.5. The number of nitrogens with two attached hydrogens (primary N) is 1. The Kier molecular flexibility index (Phi) is 3.30.